The molecule has 0 atom stereocenters. The van der Waals surface area contributed by atoms with Crippen molar-refractivity contribution in [3.05, 3.63) is 57.7 Å². The molecule has 3 rings (SSSR count). The lowest BCUT2D eigenvalue weighted by Crippen LogP contribution is -2.16. The van der Waals surface area contributed by atoms with Crippen molar-refractivity contribution in [2.45, 2.75) is 25.8 Å². The molecule has 1 aliphatic rings. The average molecular weight is 318 g/mol. The van der Waals surface area contributed by atoms with Crippen molar-refractivity contribution in [3.8, 4) is 0 Å². The molecule has 0 bridgehead atoms. The SMILES string of the molecule is NC(=S)c1cc2c(nc1NCc1ccccc1Cl)CCC2. The fraction of sp³-hybridized carbons (Fsp3) is 0.250. The fourth-order valence-electron chi connectivity index (χ4n) is 2.62. The van der Waals surface area contributed by atoms with Crippen LogP contribution in [0.25, 0.3) is 0 Å². The molecule has 1 aliphatic carbocycles. The maximum Gasteiger partial charge on any atom is 0.136 e. The molecule has 0 spiro atoms. The van der Waals surface area contributed by atoms with E-state index in [0.29, 0.717) is 11.5 Å². The van der Waals surface area contributed by atoms with Crippen molar-refractivity contribution >= 4 is 34.6 Å². The summed E-state index contributed by atoms with van der Waals surface area (Å²) in [7, 11) is 0. The van der Waals surface area contributed by atoms with Gasteiger partial charge in [0.15, 0.2) is 0 Å². The molecule has 1 heterocycles. The van der Waals surface area contributed by atoms with Crippen LogP contribution in [0.4, 0.5) is 5.82 Å². The number of pyridine rings is 1. The highest BCUT2D eigenvalue weighted by atomic mass is 35.5. The van der Waals surface area contributed by atoms with Crippen molar-refractivity contribution in [2.24, 2.45) is 5.73 Å². The van der Waals surface area contributed by atoms with Gasteiger partial charge in [0.2, 0.25) is 0 Å². The van der Waals surface area contributed by atoms with E-state index in [2.05, 4.69) is 11.4 Å². The van der Waals surface area contributed by atoms with Gasteiger partial charge in [-0.3, -0.25) is 0 Å². The summed E-state index contributed by atoms with van der Waals surface area (Å²) >= 11 is 11.3. The predicted molar refractivity (Wildman–Crippen MR) is 90.9 cm³/mol. The van der Waals surface area contributed by atoms with Gasteiger partial charge in [-0.05, 0) is 42.5 Å². The molecular weight excluding hydrogens is 302 g/mol. The quantitative estimate of drug-likeness (QED) is 0.848. The Hall–Kier alpha value is -1.65. The van der Waals surface area contributed by atoms with Crippen LogP contribution in [0.2, 0.25) is 5.02 Å². The van der Waals surface area contributed by atoms with E-state index in [-0.39, 0.29) is 0 Å². The van der Waals surface area contributed by atoms with Gasteiger partial charge in [-0.15, -0.1) is 0 Å². The van der Waals surface area contributed by atoms with Crippen molar-refractivity contribution in [1.82, 2.24) is 4.98 Å². The lowest BCUT2D eigenvalue weighted by Gasteiger charge is -2.13. The van der Waals surface area contributed by atoms with Crippen molar-refractivity contribution in [1.29, 1.82) is 0 Å². The fourth-order valence-corrected chi connectivity index (χ4v) is 2.97. The Morgan fingerprint density at radius 3 is 2.90 bits per heavy atom. The van der Waals surface area contributed by atoms with Crippen LogP contribution in [0, 0.1) is 0 Å². The van der Waals surface area contributed by atoms with Crippen LogP contribution in [0.3, 0.4) is 0 Å². The molecule has 0 amide bonds. The lowest BCUT2D eigenvalue weighted by molar-refractivity contribution is 0.899. The van der Waals surface area contributed by atoms with Gasteiger partial charge in [-0.1, -0.05) is 42.0 Å². The van der Waals surface area contributed by atoms with E-state index < -0.39 is 0 Å². The van der Waals surface area contributed by atoms with Crippen molar-refractivity contribution in [2.75, 3.05) is 5.32 Å². The minimum absolute atomic E-state index is 0.374. The second-order valence-corrected chi connectivity index (χ2v) is 6.00. The summed E-state index contributed by atoms with van der Waals surface area (Å²) in [6.07, 6.45) is 3.23. The zero-order valence-electron chi connectivity index (χ0n) is 11.5. The summed E-state index contributed by atoms with van der Waals surface area (Å²) in [6.45, 7) is 0.598. The van der Waals surface area contributed by atoms with Gasteiger partial charge in [0.25, 0.3) is 0 Å². The number of nitrogens with one attached hydrogen (secondary N) is 1. The Morgan fingerprint density at radius 2 is 2.14 bits per heavy atom. The van der Waals surface area contributed by atoms with Gasteiger partial charge >= 0.3 is 0 Å². The van der Waals surface area contributed by atoms with Crippen LogP contribution in [0.1, 0.15) is 28.8 Å². The molecule has 108 valence electrons. The molecule has 0 aliphatic heterocycles. The van der Waals surface area contributed by atoms with Crippen LogP contribution in [0.15, 0.2) is 30.3 Å². The number of aryl methyl sites for hydroxylation is 2. The zero-order valence-corrected chi connectivity index (χ0v) is 13.1. The van der Waals surface area contributed by atoms with Crippen LogP contribution in [-0.4, -0.2) is 9.97 Å². The number of hydrogen-bond donors (Lipinski definition) is 2. The number of thiocarbonyl (C=S) groups is 1. The minimum Gasteiger partial charge on any atom is -0.389 e. The largest absolute Gasteiger partial charge is 0.389 e. The van der Waals surface area contributed by atoms with E-state index in [0.717, 1.165) is 46.9 Å². The molecule has 3 nitrogen and oxygen atoms in total. The maximum absolute atomic E-state index is 6.18. The number of nitrogens with zero attached hydrogens (tertiary/aromatic N) is 1. The summed E-state index contributed by atoms with van der Waals surface area (Å²) in [6, 6.07) is 9.83. The Morgan fingerprint density at radius 1 is 1.33 bits per heavy atom. The summed E-state index contributed by atoms with van der Waals surface area (Å²) in [5, 5.41) is 4.06. The Kier molecular flexibility index (Phi) is 4.08. The third kappa shape index (κ3) is 3.01. The number of anilines is 1. The van der Waals surface area contributed by atoms with Gasteiger partial charge < -0.3 is 11.1 Å². The highest BCUT2D eigenvalue weighted by Crippen LogP contribution is 2.26. The summed E-state index contributed by atoms with van der Waals surface area (Å²) in [4.78, 5) is 5.07. The van der Waals surface area contributed by atoms with E-state index in [1.807, 2.05) is 24.3 Å². The van der Waals surface area contributed by atoms with Gasteiger partial charge in [-0.2, -0.15) is 0 Å². The molecule has 0 unspecified atom stereocenters. The molecule has 5 heteroatoms. The molecule has 0 radical (unpaired) electrons. The predicted octanol–water partition coefficient (Wildman–Crippen LogP) is 3.47. The van der Waals surface area contributed by atoms with E-state index in [1.165, 1.54) is 5.56 Å². The van der Waals surface area contributed by atoms with Crippen LogP contribution >= 0.6 is 23.8 Å². The van der Waals surface area contributed by atoms with Crippen LogP contribution < -0.4 is 11.1 Å². The smallest absolute Gasteiger partial charge is 0.136 e. The second-order valence-electron chi connectivity index (χ2n) is 5.15. The number of aromatic nitrogens is 1. The molecule has 0 saturated heterocycles. The standard InChI is InChI=1S/C16H16ClN3S/c17-13-6-2-1-4-11(13)9-19-16-12(15(18)21)8-10-5-3-7-14(10)20-16/h1-2,4,6,8H,3,5,7,9H2,(H2,18,21)(H,19,20). The van der Waals surface area contributed by atoms with Gasteiger partial charge in [0, 0.05) is 17.3 Å². The third-order valence-corrected chi connectivity index (χ3v) is 4.31. The highest BCUT2D eigenvalue weighted by Gasteiger charge is 2.17. The molecule has 1 aromatic heterocycles. The number of rotatable bonds is 4. The number of nitrogens with two attached hydrogens (primary N) is 1. The number of halogens is 1. The Balaban J connectivity index is 1.88. The zero-order chi connectivity index (χ0) is 14.8. The molecular formula is C16H16ClN3S. The van der Waals surface area contributed by atoms with Gasteiger partial charge in [0.1, 0.15) is 10.8 Å². The first kappa shape index (κ1) is 14.3. The minimum atomic E-state index is 0.374. The van der Waals surface area contributed by atoms with E-state index in [1.54, 1.807) is 0 Å². The third-order valence-electron chi connectivity index (χ3n) is 3.72. The monoisotopic (exact) mass is 317 g/mol. The molecule has 0 saturated carbocycles. The van der Waals surface area contributed by atoms with Crippen LogP contribution in [-0.2, 0) is 19.4 Å². The Bertz CT molecular complexity index is 700. The lowest BCUT2D eigenvalue weighted by atomic mass is 10.1. The van der Waals surface area contributed by atoms with E-state index in [4.69, 9.17) is 34.5 Å². The van der Waals surface area contributed by atoms with Gasteiger partial charge in [-0.25, -0.2) is 4.98 Å². The van der Waals surface area contributed by atoms with Crippen molar-refractivity contribution in [3.63, 3.8) is 0 Å². The number of benzene rings is 1. The second kappa shape index (κ2) is 6.00. The molecule has 3 N–H and O–H groups in total. The first-order chi connectivity index (χ1) is 10.1. The summed E-state index contributed by atoms with van der Waals surface area (Å²) in [5.74, 6) is 0.753. The summed E-state index contributed by atoms with van der Waals surface area (Å²) < 4.78 is 0. The molecule has 21 heavy (non-hydrogen) atoms. The Labute approximate surface area is 134 Å². The first-order valence-electron chi connectivity index (χ1n) is 6.95. The normalized spacial score (nSPS) is 13.0. The van der Waals surface area contributed by atoms with Gasteiger partial charge in [0.05, 0.1) is 5.56 Å². The highest BCUT2D eigenvalue weighted by molar-refractivity contribution is 7.80. The van der Waals surface area contributed by atoms with E-state index >= 15 is 0 Å². The maximum atomic E-state index is 6.18. The molecule has 0 fully saturated rings. The number of fused-ring (bicyclic) bond motifs is 1. The summed E-state index contributed by atoms with van der Waals surface area (Å²) in [5.41, 5.74) is 10.1. The van der Waals surface area contributed by atoms with Crippen molar-refractivity contribution < 1.29 is 0 Å². The topological polar surface area (TPSA) is 50.9 Å². The number of hydrogen-bond acceptors (Lipinski definition) is 3. The van der Waals surface area contributed by atoms with Crippen LogP contribution in [0.5, 0.6) is 0 Å². The van der Waals surface area contributed by atoms with E-state index in [9.17, 15) is 0 Å². The average Bonchev–Trinajstić information content (AvgIpc) is 2.92. The first-order valence-corrected chi connectivity index (χ1v) is 7.73. The molecule has 1 aromatic carbocycles. The molecule has 2 aromatic rings.